The number of carbonyl (C=O) groups is 2. The molecule has 1 aliphatic rings. The van der Waals surface area contributed by atoms with E-state index in [9.17, 15) is 9.59 Å². The fourth-order valence-corrected chi connectivity index (χ4v) is 4.05. The Kier molecular flexibility index (Phi) is 6.22. The van der Waals surface area contributed by atoms with Crippen LogP contribution in [0.2, 0.25) is 0 Å². The summed E-state index contributed by atoms with van der Waals surface area (Å²) in [6, 6.07) is 8.89. The third kappa shape index (κ3) is 4.71. The molecule has 1 atom stereocenters. The number of fused-ring (bicyclic) bond motifs is 3. The van der Waals surface area contributed by atoms with Gasteiger partial charge in [0.15, 0.2) is 11.8 Å². The van der Waals surface area contributed by atoms with Crippen LogP contribution < -0.4 is 15.6 Å². The Hall–Kier alpha value is -2.94. The Morgan fingerprint density at radius 2 is 2.00 bits per heavy atom. The molecule has 31 heavy (non-hydrogen) atoms. The maximum absolute atomic E-state index is 12.9. The number of benzene rings is 1. The molecule has 0 aliphatic carbocycles. The van der Waals surface area contributed by atoms with E-state index in [4.69, 9.17) is 9.72 Å². The highest BCUT2D eigenvalue weighted by Gasteiger charge is 2.22. The van der Waals surface area contributed by atoms with Crippen LogP contribution in [0.25, 0.3) is 11.2 Å². The Morgan fingerprint density at radius 1 is 1.16 bits per heavy atom. The SMILES string of the molecule is Cc1cc(C(=O)NNC(=O)C(C)Oc2cccc(Br)c2)c2nc3n(c2n1)CCCCC3. The lowest BCUT2D eigenvalue weighted by Gasteiger charge is -2.15. The zero-order valence-corrected chi connectivity index (χ0v) is 19.0. The van der Waals surface area contributed by atoms with Crippen molar-refractivity contribution in [1.82, 2.24) is 25.4 Å². The number of pyridine rings is 1. The maximum atomic E-state index is 12.9. The summed E-state index contributed by atoms with van der Waals surface area (Å²) in [6.07, 6.45) is 3.39. The molecule has 0 radical (unpaired) electrons. The zero-order valence-electron chi connectivity index (χ0n) is 17.4. The van der Waals surface area contributed by atoms with Gasteiger partial charge in [-0.1, -0.05) is 28.4 Å². The number of hydrogen-bond acceptors (Lipinski definition) is 5. The summed E-state index contributed by atoms with van der Waals surface area (Å²) in [5.74, 6) is 0.608. The van der Waals surface area contributed by atoms with E-state index in [0.717, 1.165) is 53.9 Å². The standard InChI is InChI=1S/C22H24BrN5O3/c1-13-11-17(19-20(24-13)28-10-5-3-4-9-18(28)25-19)22(30)27-26-21(29)14(2)31-16-8-6-7-15(23)12-16/h6-8,11-12,14H,3-5,9-10H2,1-2H3,(H,26,29)(H,27,30). The van der Waals surface area contributed by atoms with E-state index < -0.39 is 17.9 Å². The van der Waals surface area contributed by atoms with Gasteiger partial charge in [-0.05, 0) is 51.0 Å². The number of imidazole rings is 1. The first-order chi connectivity index (χ1) is 14.9. The lowest BCUT2D eigenvalue weighted by molar-refractivity contribution is -0.128. The monoisotopic (exact) mass is 485 g/mol. The number of carbonyl (C=O) groups excluding carboxylic acids is 2. The summed E-state index contributed by atoms with van der Waals surface area (Å²) in [5, 5.41) is 0. The molecule has 0 fully saturated rings. The van der Waals surface area contributed by atoms with E-state index in [1.807, 2.05) is 19.1 Å². The van der Waals surface area contributed by atoms with Crippen LogP contribution in [-0.2, 0) is 17.8 Å². The van der Waals surface area contributed by atoms with Crippen molar-refractivity contribution in [3.8, 4) is 5.75 Å². The van der Waals surface area contributed by atoms with E-state index in [2.05, 4.69) is 36.3 Å². The molecule has 2 aromatic heterocycles. The lowest BCUT2D eigenvalue weighted by atomic mass is 10.2. The normalized spacial score (nSPS) is 14.4. The third-order valence-corrected chi connectivity index (χ3v) is 5.71. The first kappa shape index (κ1) is 21.3. The first-order valence-electron chi connectivity index (χ1n) is 10.3. The minimum Gasteiger partial charge on any atom is -0.481 e. The second-order valence-corrected chi connectivity index (χ2v) is 8.55. The molecule has 3 aromatic rings. The van der Waals surface area contributed by atoms with Crippen molar-refractivity contribution in [2.45, 2.75) is 52.2 Å². The van der Waals surface area contributed by atoms with Gasteiger partial charge >= 0.3 is 0 Å². The second kappa shape index (κ2) is 9.05. The van der Waals surface area contributed by atoms with Gasteiger partial charge in [0.2, 0.25) is 0 Å². The molecular formula is C22H24BrN5O3. The summed E-state index contributed by atoms with van der Waals surface area (Å²) in [7, 11) is 0. The minimum absolute atomic E-state index is 0.393. The van der Waals surface area contributed by atoms with E-state index in [0.29, 0.717) is 16.8 Å². The van der Waals surface area contributed by atoms with Crippen LogP contribution in [0.15, 0.2) is 34.8 Å². The summed E-state index contributed by atoms with van der Waals surface area (Å²) in [4.78, 5) is 34.6. The van der Waals surface area contributed by atoms with E-state index in [-0.39, 0.29) is 0 Å². The quantitative estimate of drug-likeness (QED) is 0.551. The predicted molar refractivity (Wildman–Crippen MR) is 120 cm³/mol. The van der Waals surface area contributed by atoms with Crippen molar-refractivity contribution in [2.24, 2.45) is 0 Å². The third-order valence-electron chi connectivity index (χ3n) is 5.21. The minimum atomic E-state index is -0.794. The number of halogens is 1. The van der Waals surface area contributed by atoms with Crippen LogP contribution in [0.1, 0.15) is 48.1 Å². The fourth-order valence-electron chi connectivity index (χ4n) is 3.67. The van der Waals surface area contributed by atoms with Crippen molar-refractivity contribution in [2.75, 3.05) is 0 Å². The summed E-state index contributed by atoms with van der Waals surface area (Å²) < 4.78 is 8.59. The molecule has 2 amide bonds. The molecule has 1 aliphatic heterocycles. The molecule has 4 rings (SSSR count). The molecule has 8 nitrogen and oxygen atoms in total. The highest BCUT2D eigenvalue weighted by atomic mass is 79.9. The van der Waals surface area contributed by atoms with Crippen LogP contribution in [0.3, 0.4) is 0 Å². The van der Waals surface area contributed by atoms with E-state index in [1.54, 1.807) is 25.1 Å². The van der Waals surface area contributed by atoms with Gasteiger partial charge in [0.25, 0.3) is 11.8 Å². The largest absolute Gasteiger partial charge is 0.481 e. The molecular weight excluding hydrogens is 462 g/mol. The number of nitrogens with zero attached hydrogens (tertiary/aromatic N) is 3. The fraction of sp³-hybridized carbons (Fsp3) is 0.364. The smallest absolute Gasteiger partial charge is 0.279 e. The number of aryl methyl sites for hydroxylation is 3. The summed E-state index contributed by atoms with van der Waals surface area (Å²) in [6.45, 7) is 4.31. The van der Waals surface area contributed by atoms with E-state index in [1.165, 1.54) is 0 Å². The summed E-state index contributed by atoms with van der Waals surface area (Å²) >= 11 is 3.37. The number of ether oxygens (including phenoxy) is 1. The van der Waals surface area contributed by atoms with Gasteiger partial charge in [-0.2, -0.15) is 0 Å². The maximum Gasteiger partial charge on any atom is 0.279 e. The van der Waals surface area contributed by atoms with Gasteiger partial charge < -0.3 is 9.30 Å². The number of hydrazine groups is 1. The van der Waals surface area contributed by atoms with Gasteiger partial charge in [0, 0.05) is 23.1 Å². The van der Waals surface area contributed by atoms with Gasteiger partial charge in [-0.3, -0.25) is 20.4 Å². The molecule has 0 bridgehead atoms. The number of amides is 2. The van der Waals surface area contributed by atoms with Gasteiger partial charge in [-0.25, -0.2) is 9.97 Å². The lowest BCUT2D eigenvalue weighted by Crippen LogP contribution is -2.47. The van der Waals surface area contributed by atoms with Crippen molar-refractivity contribution in [3.05, 3.63) is 51.9 Å². The molecule has 0 spiro atoms. The Labute approximate surface area is 188 Å². The number of rotatable bonds is 4. The molecule has 2 N–H and O–H groups in total. The van der Waals surface area contributed by atoms with Crippen molar-refractivity contribution < 1.29 is 14.3 Å². The number of aromatic nitrogens is 3. The van der Waals surface area contributed by atoms with E-state index >= 15 is 0 Å². The molecule has 0 saturated carbocycles. The van der Waals surface area contributed by atoms with Crippen LogP contribution in [0.4, 0.5) is 0 Å². The molecule has 1 unspecified atom stereocenters. The second-order valence-electron chi connectivity index (χ2n) is 7.63. The predicted octanol–water partition coefficient (Wildman–Crippen LogP) is 3.46. The molecule has 3 heterocycles. The van der Waals surface area contributed by atoms with Gasteiger partial charge in [-0.15, -0.1) is 0 Å². The Morgan fingerprint density at radius 3 is 2.81 bits per heavy atom. The molecule has 9 heteroatoms. The first-order valence-corrected chi connectivity index (χ1v) is 11.1. The summed E-state index contributed by atoms with van der Waals surface area (Å²) in [5.41, 5.74) is 7.33. The topological polar surface area (TPSA) is 98.1 Å². The molecule has 162 valence electrons. The van der Waals surface area contributed by atoms with Crippen LogP contribution in [0, 0.1) is 6.92 Å². The van der Waals surface area contributed by atoms with Crippen molar-refractivity contribution in [3.63, 3.8) is 0 Å². The van der Waals surface area contributed by atoms with Gasteiger partial charge in [0.1, 0.15) is 17.1 Å². The Balaban J connectivity index is 1.47. The average molecular weight is 486 g/mol. The van der Waals surface area contributed by atoms with Gasteiger partial charge in [0.05, 0.1) is 5.56 Å². The van der Waals surface area contributed by atoms with Crippen LogP contribution in [-0.4, -0.2) is 32.5 Å². The van der Waals surface area contributed by atoms with Crippen LogP contribution >= 0.6 is 15.9 Å². The van der Waals surface area contributed by atoms with Crippen LogP contribution in [0.5, 0.6) is 5.75 Å². The highest BCUT2D eigenvalue weighted by molar-refractivity contribution is 9.10. The highest BCUT2D eigenvalue weighted by Crippen LogP contribution is 2.24. The molecule has 0 saturated heterocycles. The molecule has 1 aromatic carbocycles. The zero-order chi connectivity index (χ0) is 22.0. The van der Waals surface area contributed by atoms with Crippen molar-refractivity contribution >= 4 is 38.9 Å². The average Bonchev–Trinajstić information content (AvgIpc) is 2.92. The van der Waals surface area contributed by atoms with Crippen molar-refractivity contribution in [1.29, 1.82) is 0 Å². The number of hydrogen-bond donors (Lipinski definition) is 2. The Bertz CT molecular complexity index is 1140. The number of nitrogens with one attached hydrogen (secondary N) is 2.